The Hall–Kier alpha value is -1.59. The van der Waals surface area contributed by atoms with E-state index < -0.39 is 0 Å². The third-order valence-electron chi connectivity index (χ3n) is 4.18. The molecular formula is C17H19ClN2O2S. The van der Waals surface area contributed by atoms with Gasteiger partial charge in [-0.15, -0.1) is 0 Å². The first-order valence-electron chi connectivity index (χ1n) is 7.74. The van der Waals surface area contributed by atoms with Crippen molar-refractivity contribution in [3.63, 3.8) is 0 Å². The Morgan fingerprint density at radius 3 is 2.65 bits per heavy atom. The molecule has 0 radical (unpaired) electrons. The maximum atomic E-state index is 12.3. The van der Waals surface area contributed by atoms with E-state index in [-0.39, 0.29) is 16.8 Å². The highest BCUT2D eigenvalue weighted by molar-refractivity contribution is 7.07. The molecule has 1 N–H and O–H groups in total. The van der Waals surface area contributed by atoms with Crippen LogP contribution >= 0.6 is 22.9 Å². The maximum Gasteiger partial charge on any atom is 0.307 e. The molecule has 0 saturated heterocycles. The highest BCUT2D eigenvalue weighted by Crippen LogP contribution is 2.41. The molecule has 3 rings (SSSR count). The monoisotopic (exact) mass is 350 g/mol. The standard InChI is InChI=1S/C17H19ClN2O2S/c1-11-10-23-17(22)20(11)9-8-15(21)19-16(12-2-3-12)13-4-6-14(18)7-5-13/h4-7,10,12,16H,2-3,8-9H2,1H3,(H,19,21). The molecule has 1 amide bonds. The molecule has 122 valence electrons. The zero-order valence-corrected chi connectivity index (χ0v) is 14.5. The van der Waals surface area contributed by atoms with Gasteiger partial charge in [0.15, 0.2) is 0 Å². The van der Waals surface area contributed by atoms with Crippen molar-refractivity contribution >= 4 is 28.8 Å². The molecule has 23 heavy (non-hydrogen) atoms. The molecular weight excluding hydrogens is 332 g/mol. The third-order valence-corrected chi connectivity index (χ3v) is 5.31. The van der Waals surface area contributed by atoms with Crippen LogP contribution in [0.2, 0.25) is 5.02 Å². The van der Waals surface area contributed by atoms with E-state index in [4.69, 9.17) is 11.6 Å². The van der Waals surface area contributed by atoms with Crippen LogP contribution in [-0.4, -0.2) is 10.5 Å². The number of thiazole rings is 1. The van der Waals surface area contributed by atoms with Crippen LogP contribution in [0.15, 0.2) is 34.4 Å². The summed E-state index contributed by atoms with van der Waals surface area (Å²) >= 11 is 7.11. The summed E-state index contributed by atoms with van der Waals surface area (Å²) < 4.78 is 1.65. The Kier molecular flexibility index (Phi) is 4.87. The predicted molar refractivity (Wildman–Crippen MR) is 93.0 cm³/mol. The van der Waals surface area contributed by atoms with E-state index in [1.807, 2.05) is 36.6 Å². The number of nitrogens with one attached hydrogen (secondary N) is 1. The van der Waals surface area contributed by atoms with Crippen molar-refractivity contribution < 1.29 is 4.79 Å². The van der Waals surface area contributed by atoms with E-state index in [1.165, 1.54) is 11.3 Å². The van der Waals surface area contributed by atoms with E-state index in [2.05, 4.69) is 5.32 Å². The Morgan fingerprint density at radius 1 is 1.39 bits per heavy atom. The maximum absolute atomic E-state index is 12.3. The van der Waals surface area contributed by atoms with Gasteiger partial charge in [-0.1, -0.05) is 35.1 Å². The van der Waals surface area contributed by atoms with Crippen molar-refractivity contribution in [2.75, 3.05) is 0 Å². The second-order valence-corrected chi connectivity index (χ2v) is 7.24. The van der Waals surface area contributed by atoms with E-state index in [0.717, 1.165) is 24.1 Å². The van der Waals surface area contributed by atoms with E-state index >= 15 is 0 Å². The molecule has 0 spiro atoms. The summed E-state index contributed by atoms with van der Waals surface area (Å²) in [4.78, 5) is 24.0. The van der Waals surface area contributed by atoms with Crippen LogP contribution in [0.1, 0.15) is 36.6 Å². The third kappa shape index (κ3) is 4.03. The molecule has 1 aromatic carbocycles. The molecule has 0 aliphatic heterocycles. The lowest BCUT2D eigenvalue weighted by Crippen LogP contribution is -2.31. The van der Waals surface area contributed by atoms with Crippen LogP contribution in [0.4, 0.5) is 0 Å². The number of carbonyl (C=O) groups is 1. The first kappa shape index (κ1) is 16.3. The Bertz CT molecular complexity index is 747. The van der Waals surface area contributed by atoms with Crippen LogP contribution in [0.3, 0.4) is 0 Å². The average Bonchev–Trinajstić information content (AvgIpc) is 3.31. The smallest absolute Gasteiger partial charge is 0.307 e. The van der Waals surface area contributed by atoms with Gasteiger partial charge < -0.3 is 9.88 Å². The number of carbonyl (C=O) groups excluding carboxylic acids is 1. The van der Waals surface area contributed by atoms with Crippen molar-refractivity contribution in [1.29, 1.82) is 0 Å². The van der Waals surface area contributed by atoms with Crippen molar-refractivity contribution in [2.45, 2.75) is 38.8 Å². The Balaban J connectivity index is 1.63. The topological polar surface area (TPSA) is 51.1 Å². The van der Waals surface area contributed by atoms with Crippen molar-refractivity contribution in [2.24, 2.45) is 5.92 Å². The van der Waals surface area contributed by atoms with Gasteiger partial charge in [-0.3, -0.25) is 9.59 Å². The number of aryl methyl sites for hydroxylation is 1. The summed E-state index contributed by atoms with van der Waals surface area (Å²) in [6.07, 6.45) is 2.58. The van der Waals surface area contributed by atoms with Crippen molar-refractivity contribution in [3.8, 4) is 0 Å². The van der Waals surface area contributed by atoms with Crippen molar-refractivity contribution in [1.82, 2.24) is 9.88 Å². The number of halogens is 1. The largest absolute Gasteiger partial charge is 0.349 e. The quantitative estimate of drug-likeness (QED) is 0.866. The van der Waals surface area contributed by atoms with Crippen LogP contribution in [0.25, 0.3) is 0 Å². The summed E-state index contributed by atoms with van der Waals surface area (Å²) in [5.74, 6) is 0.486. The lowest BCUT2D eigenvalue weighted by atomic mass is 10.0. The first-order chi connectivity index (χ1) is 11.0. The van der Waals surface area contributed by atoms with Gasteiger partial charge in [-0.25, -0.2) is 0 Å². The van der Waals surface area contributed by atoms with Gasteiger partial charge in [0.1, 0.15) is 0 Å². The summed E-state index contributed by atoms with van der Waals surface area (Å²) in [5.41, 5.74) is 2.00. The highest BCUT2D eigenvalue weighted by Gasteiger charge is 2.33. The molecule has 1 unspecified atom stereocenters. The number of rotatable bonds is 6. The molecule has 1 aromatic heterocycles. The first-order valence-corrected chi connectivity index (χ1v) is 9.00. The highest BCUT2D eigenvalue weighted by atomic mass is 35.5. The number of nitrogens with zero attached hydrogens (tertiary/aromatic N) is 1. The van der Waals surface area contributed by atoms with Gasteiger partial charge in [0, 0.05) is 29.1 Å². The fourth-order valence-corrected chi connectivity index (χ4v) is 3.59. The molecule has 1 aliphatic carbocycles. The number of benzene rings is 1. The molecule has 1 saturated carbocycles. The van der Waals surface area contributed by atoms with Crippen LogP contribution in [0, 0.1) is 12.8 Å². The minimum absolute atomic E-state index is 0.00764. The molecule has 2 aromatic rings. The average molecular weight is 351 g/mol. The van der Waals surface area contributed by atoms with E-state index in [9.17, 15) is 9.59 Å². The summed E-state index contributed by atoms with van der Waals surface area (Å²) in [7, 11) is 0. The fourth-order valence-electron chi connectivity index (χ4n) is 2.71. The Morgan fingerprint density at radius 2 is 2.09 bits per heavy atom. The van der Waals surface area contributed by atoms with Gasteiger partial charge in [0.05, 0.1) is 6.04 Å². The second-order valence-electron chi connectivity index (χ2n) is 5.98. The number of hydrogen-bond acceptors (Lipinski definition) is 3. The van der Waals surface area contributed by atoms with Crippen LogP contribution in [0.5, 0.6) is 0 Å². The van der Waals surface area contributed by atoms with Crippen LogP contribution < -0.4 is 10.2 Å². The molecule has 1 heterocycles. The van der Waals surface area contributed by atoms with Gasteiger partial charge in [-0.05, 0) is 43.4 Å². The number of aromatic nitrogens is 1. The molecule has 1 fully saturated rings. The minimum atomic E-state index is -0.0191. The van der Waals surface area contributed by atoms with Crippen molar-refractivity contribution in [3.05, 3.63) is 55.6 Å². The zero-order chi connectivity index (χ0) is 16.4. The van der Waals surface area contributed by atoms with Gasteiger partial charge in [-0.2, -0.15) is 0 Å². The Labute approximate surface area is 144 Å². The summed E-state index contributed by atoms with van der Waals surface area (Å²) in [6, 6.07) is 7.69. The molecule has 1 atom stereocenters. The SMILES string of the molecule is Cc1csc(=O)n1CCC(=O)NC(c1ccc(Cl)cc1)C1CC1. The van der Waals surface area contributed by atoms with E-state index in [1.54, 1.807) is 4.57 Å². The van der Waals surface area contributed by atoms with Gasteiger partial charge in [0.25, 0.3) is 0 Å². The second kappa shape index (κ2) is 6.89. The molecule has 0 bridgehead atoms. The van der Waals surface area contributed by atoms with Crippen LogP contribution in [-0.2, 0) is 11.3 Å². The summed E-state index contributed by atoms with van der Waals surface area (Å²) in [5, 5.41) is 5.64. The zero-order valence-electron chi connectivity index (χ0n) is 12.9. The lowest BCUT2D eigenvalue weighted by Gasteiger charge is -2.19. The number of amides is 1. The van der Waals surface area contributed by atoms with Gasteiger partial charge in [0.2, 0.25) is 5.91 Å². The molecule has 4 nitrogen and oxygen atoms in total. The molecule has 1 aliphatic rings. The lowest BCUT2D eigenvalue weighted by molar-refractivity contribution is -0.122. The predicted octanol–water partition coefficient (Wildman–Crippen LogP) is 3.53. The van der Waals surface area contributed by atoms with Gasteiger partial charge >= 0.3 is 4.87 Å². The molecule has 6 heteroatoms. The fraction of sp³-hybridized carbons (Fsp3) is 0.412. The minimum Gasteiger partial charge on any atom is -0.349 e. The normalized spacial score (nSPS) is 15.4. The number of hydrogen-bond donors (Lipinski definition) is 1. The van der Waals surface area contributed by atoms with E-state index in [0.29, 0.717) is 23.9 Å². The summed E-state index contributed by atoms with van der Waals surface area (Å²) in [6.45, 7) is 2.31.